The SMILES string of the molecule is COC(=S)c1ccc2c(c1)C(N1CCCC1=O)C(O)C(C)(C)O2. The lowest BCUT2D eigenvalue weighted by molar-refractivity contribution is -0.139. The molecule has 5 nitrogen and oxygen atoms in total. The van der Waals surface area contributed by atoms with E-state index in [0.29, 0.717) is 23.8 Å². The van der Waals surface area contributed by atoms with Gasteiger partial charge in [-0.05, 0) is 50.7 Å². The van der Waals surface area contributed by atoms with Crippen molar-refractivity contribution in [2.75, 3.05) is 13.7 Å². The molecule has 1 fully saturated rings. The van der Waals surface area contributed by atoms with Crippen molar-refractivity contribution in [3.8, 4) is 5.75 Å². The summed E-state index contributed by atoms with van der Waals surface area (Å²) in [6, 6.07) is 5.09. The number of aliphatic hydroxyl groups excluding tert-OH is 1. The molecule has 2 unspecified atom stereocenters. The summed E-state index contributed by atoms with van der Waals surface area (Å²) in [6.45, 7) is 4.32. The number of carbonyl (C=O) groups is 1. The zero-order chi connectivity index (χ0) is 16.8. The van der Waals surface area contributed by atoms with E-state index in [9.17, 15) is 9.90 Å². The van der Waals surface area contributed by atoms with Crippen molar-refractivity contribution in [1.82, 2.24) is 4.90 Å². The first kappa shape index (κ1) is 16.2. The number of fused-ring (bicyclic) bond motifs is 1. The highest BCUT2D eigenvalue weighted by atomic mass is 32.1. The molecule has 124 valence electrons. The van der Waals surface area contributed by atoms with E-state index in [1.54, 1.807) is 4.90 Å². The maximum Gasteiger partial charge on any atom is 0.223 e. The second-order valence-electron chi connectivity index (χ2n) is 6.53. The van der Waals surface area contributed by atoms with Gasteiger partial charge in [0, 0.05) is 24.1 Å². The number of benzene rings is 1. The number of amides is 1. The Morgan fingerprint density at radius 1 is 1.48 bits per heavy atom. The van der Waals surface area contributed by atoms with Crippen LogP contribution in [0.25, 0.3) is 0 Å². The molecule has 1 amide bonds. The first-order valence-corrected chi connectivity index (χ1v) is 8.15. The topological polar surface area (TPSA) is 59.0 Å². The quantitative estimate of drug-likeness (QED) is 0.840. The van der Waals surface area contributed by atoms with Crippen molar-refractivity contribution < 1.29 is 19.4 Å². The van der Waals surface area contributed by atoms with Crippen LogP contribution >= 0.6 is 12.2 Å². The molecule has 6 heteroatoms. The third kappa shape index (κ3) is 2.70. The monoisotopic (exact) mass is 335 g/mol. The Labute approximate surface area is 141 Å². The highest BCUT2D eigenvalue weighted by molar-refractivity contribution is 7.80. The van der Waals surface area contributed by atoms with Gasteiger partial charge < -0.3 is 19.5 Å². The molecule has 0 saturated carbocycles. The number of ether oxygens (including phenoxy) is 2. The van der Waals surface area contributed by atoms with Gasteiger partial charge in [0.05, 0.1) is 13.2 Å². The van der Waals surface area contributed by atoms with Crippen LogP contribution in [0.4, 0.5) is 0 Å². The summed E-state index contributed by atoms with van der Waals surface area (Å²) in [6.07, 6.45) is 0.522. The molecule has 2 aliphatic heterocycles. The fraction of sp³-hybridized carbons (Fsp3) is 0.529. The Balaban J connectivity index is 2.10. The fourth-order valence-electron chi connectivity index (χ4n) is 3.31. The number of carbonyl (C=O) groups excluding carboxylic acids is 1. The van der Waals surface area contributed by atoms with Gasteiger partial charge in [-0.25, -0.2) is 0 Å². The zero-order valence-corrected chi connectivity index (χ0v) is 14.4. The first-order valence-electron chi connectivity index (χ1n) is 7.74. The van der Waals surface area contributed by atoms with Crippen molar-refractivity contribution in [3.05, 3.63) is 29.3 Å². The molecule has 1 aromatic rings. The second kappa shape index (κ2) is 5.76. The first-order chi connectivity index (χ1) is 10.8. The van der Waals surface area contributed by atoms with Crippen molar-refractivity contribution in [3.63, 3.8) is 0 Å². The minimum Gasteiger partial charge on any atom is -0.486 e. The number of likely N-dealkylation sites (tertiary alicyclic amines) is 1. The third-order valence-electron chi connectivity index (χ3n) is 4.58. The lowest BCUT2D eigenvalue weighted by atomic mass is 9.85. The maximum absolute atomic E-state index is 12.2. The number of thiocarbonyl (C=S) groups is 1. The van der Waals surface area contributed by atoms with Gasteiger partial charge >= 0.3 is 0 Å². The molecule has 1 saturated heterocycles. The Morgan fingerprint density at radius 2 is 2.22 bits per heavy atom. The summed E-state index contributed by atoms with van der Waals surface area (Å²) in [7, 11) is 1.53. The predicted octanol–water partition coefficient (Wildman–Crippen LogP) is 2.20. The van der Waals surface area contributed by atoms with E-state index in [-0.39, 0.29) is 5.91 Å². The largest absolute Gasteiger partial charge is 0.486 e. The maximum atomic E-state index is 12.2. The fourth-order valence-corrected chi connectivity index (χ4v) is 3.44. The van der Waals surface area contributed by atoms with Gasteiger partial charge in [0.2, 0.25) is 5.91 Å². The number of hydrogen-bond acceptors (Lipinski definition) is 5. The van der Waals surface area contributed by atoms with E-state index in [0.717, 1.165) is 17.5 Å². The minimum atomic E-state index is -0.816. The van der Waals surface area contributed by atoms with E-state index in [1.807, 2.05) is 32.0 Å². The van der Waals surface area contributed by atoms with Crippen LogP contribution < -0.4 is 4.74 Å². The van der Waals surface area contributed by atoms with Crippen LogP contribution in [0, 0.1) is 0 Å². The van der Waals surface area contributed by atoms with Crippen LogP contribution in [0.5, 0.6) is 5.75 Å². The molecular formula is C17H21NO4S. The molecule has 23 heavy (non-hydrogen) atoms. The van der Waals surface area contributed by atoms with Crippen LogP contribution in [0.3, 0.4) is 0 Å². The normalized spacial score (nSPS) is 25.7. The average Bonchev–Trinajstić information content (AvgIpc) is 2.93. The van der Waals surface area contributed by atoms with E-state index in [4.69, 9.17) is 21.7 Å². The lowest BCUT2D eigenvalue weighted by Gasteiger charge is -2.45. The number of hydrogen-bond donors (Lipinski definition) is 1. The molecule has 0 radical (unpaired) electrons. The molecule has 0 aromatic heterocycles. The summed E-state index contributed by atoms with van der Waals surface area (Å²) in [4.78, 5) is 14.0. The second-order valence-corrected chi connectivity index (χ2v) is 6.90. The Bertz CT molecular complexity index is 658. The van der Waals surface area contributed by atoms with Crippen molar-refractivity contribution in [2.24, 2.45) is 0 Å². The summed E-state index contributed by atoms with van der Waals surface area (Å²) in [5, 5.41) is 11.2. The third-order valence-corrected chi connectivity index (χ3v) is 4.98. The number of aliphatic hydroxyl groups is 1. The van der Waals surface area contributed by atoms with Gasteiger partial charge in [-0.3, -0.25) is 4.79 Å². The average molecular weight is 335 g/mol. The van der Waals surface area contributed by atoms with Gasteiger partial charge in [0.15, 0.2) is 5.05 Å². The highest BCUT2D eigenvalue weighted by Gasteiger charge is 2.47. The van der Waals surface area contributed by atoms with E-state index in [1.165, 1.54) is 7.11 Å². The molecule has 0 bridgehead atoms. The van der Waals surface area contributed by atoms with Crippen LogP contribution in [0.2, 0.25) is 0 Å². The molecule has 2 heterocycles. The van der Waals surface area contributed by atoms with E-state index < -0.39 is 17.7 Å². The Hall–Kier alpha value is -1.66. The van der Waals surface area contributed by atoms with Crippen LogP contribution in [-0.2, 0) is 9.53 Å². The summed E-state index contributed by atoms with van der Waals surface area (Å²) >= 11 is 5.19. The Morgan fingerprint density at radius 3 is 2.83 bits per heavy atom. The molecule has 2 aliphatic rings. The molecule has 0 aliphatic carbocycles. The standard InChI is InChI=1S/C17H21NO4S/c1-17(2)15(20)14(18-8-4-5-13(18)19)11-9-10(16(23)21-3)6-7-12(11)22-17/h6-7,9,14-15,20H,4-5,8H2,1-3H3. The lowest BCUT2D eigenvalue weighted by Crippen LogP contribution is -2.53. The summed E-state index contributed by atoms with van der Waals surface area (Å²) in [5.74, 6) is 0.741. The molecular weight excluding hydrogens is 314 g/mol. The van der Waals surface area contributed by atoms with Gasteiger partial charge in [-0.15, -0.1) is 0 Å². The van der Waals surface area contributed by atoms with Gasteiger partial charge in [0.25, 0.3) is 0 Å². The van der Waals surface area contributed by atoms with Crippen LogP contribution in [-0.4, -0.2) is 46.3 Å². The predicted molar refractivity (Wildman–Crippen MR) is 89.6 cm³/mol. The smallest absolute Gasteiger partial charge is 0.223 e. The molecule has 0 spiro atoms. The highest BCUT2D eigenvalue weighted by Crippen LogP contribution is 2.44. The summed E-state index contributed by atoms with van der Waals surface area (Å²) < 4.78 is 11.1. The minimum absolute atomic E-state index is 0.0671. The van der Waals surface area contributed by atoms with Crippen LogP contribution in [0.15, 0.2) is 18.2 Å². The molecule has 1 N–H and O–H groups in total. The van der Waals surface area contributed by atoms with Crippen molar-refractivity contribution in [1.29, 1.82) is 0 Å². The van der Waals surface area contributed by atoms with Gasteiger partial charge in [-0.2, -0.15) is 0 Å². The van der Waals surface area contributed by atoms with Crippen molar-refractivity contribution in [2.45, 2.75) is 44.4 Å². The van der Waals surface area contributed by atoms with Crippen molar-refractivity contribution >= 4 is 23.2 Å². The number of methoxy groups -OCH3 is 1. The molecule has 1 aromatic carbocycles. The zero-order valence-electron chi connectivity index (χ0n) is 13.5. The number of nitrogens with zero attached hydrogens (tertiary/aromatic N) is 1. The summed E-state index contributed by atoms with van der Waals surface area (Å²) in [5.41, 5.74) is 0.751. The van der Waals surface area contributed by atoms with E-state index in [2.05, 4.69) is 0 Å². The van der Waals surface area contributed by atoms with Gasteiger partial charge in [0.1, 0.15) is 17.5 Å². The molecule has 3 rings (SSSR count). The van der Waals surface area contributed by atoms with Gasteiger partial charge in [-0.1, -0.05) is 0 Å². The van der Waals surface area contributed by atoms with Crippen LogP contribution in [0.1, 0.15) is 43.9 Å². The Kier molecular flexibility index (Phi) is 4.06. The molecule has 2 atom stereocenters. The number of rotatable bonds is 2. The van der Waals surface area contributed by atoms with E-state index >= 15 is 0 Å².